The van der Waals surface area contributed by atoms with Crippen LogP contribution in [0.5, 0.6) is 0 Å². The van der Waals surface area contributed by atoms with Gasteiger partial charge in [0.05, 0.1) is 0 Å². The molecule has 1 rings (SSSR count). The lowest BCUT2D eigenvalue weighted by atomic mass is 10.2. The van der Waals surface area contributed by atoms with Gasteiger partial charge in [0.15, 0.2) is 0 Å². The molecule has 1 atom stereocenters. The molecule has 0 aliphatic rings. The van der Waals surface area contributed by atoms with Gasteiger partial charge in [-0.2, -0.15) is 0 Å². The number of nitrogens with zero attached hydrogens (tertiary/aromatic N) is 1. The number of amides is 2. The number of hydrogen-bond donors (Lipinski definition) is 2. The van der Waals surface area contributed by atoms with Crippen LogP contribution in [0.2, 0.25) is 0 Å². The van der Waals surface area contributed by atoms with Gasteiger partial charge in [-0.05, 0) is 18.1 Å². The summed E-state index contributed by atoms with van der Waals surface area (Å²) in [5, 5.41) is 11.6. The van der Waals surface area contributed by atoms with Gasteiger partial charge in [-0.3, -0.25) is 0 Å². The molecule has 0 aromatic heterocycles. The summed E-state index contributed by atoms with van der Waals surface area (Å²) < 4.78 is 0.919. The molecule has 6 heteroatoms. The zero-order valence-corrected chi connectivity index (χ0v) is 13.2. The topological polar surface area (TPSA) is 69.6 Å². The summed E-state index contributed by atoms with van der Waals surface area (Å²) in [5.74, 6) is -1.01. The second kappa shape index (κ2) is 7.89. The molecule has 0 unspecified atom stereocenters. The zero-order valence-electron chi connectivity index (χ0n) is 11.6. The largest absolute Gasteiger partial charge is 0.480 e. The van der Waals surface area contributed by atoms with Gasteiger partial charge in [-0.15, -0.1) is 0 Å². The minimum absolute atomic E-state index is 0.387. The number of nitrogens with one attached hydrogen (secondary N) is 1. The second-order valence-electron chi connectivity index (χ2n) is 4.58. The highest BCUT2D eigenvalue weighted by atomic mass is 79.9. The molecule has 0 heterocycles. The fourth-order valence-corrected chi connectivity index (χ4v) is 2.17. The van der Waals surface area contributed by atoms with Crippen molar-refractivity contribution < 1.29 is 14.7 Å². The molecule has 110 valence electrons. The van der Waals surface area contributed by atoms with Crippen molar-refractivity contribution in [3.05, 3.63) is 34.3 Å². The summed E-state index contributed by atoms with van der Waals surface area (Å²) in [5.41, 5.74) is 0.965. The summed E-state index contributed by atoms with van der Waals surface area (Å²) >= 11 is 3.42. The molecule has 0 radical (unpaired) electrons. The van der Waals surface area contributed by atoms with E-state index in [-0.39, 0.29) is 6.03 Å². The molecule has 1 aromatic carbocycles. The minimum atomic E-state index is -1.01. The standard InChI is InChI=1S/C14H19BrN2O3/c1-3-6-12(13(18)19)16-14(20)17(2)9-10-7-4-5-8-11(10)15/h4-5,7-8,12H,3,6,9H2,1-2H3,(H,16,20)(H,18,19)/t12-/m0/s1. The highest BCUT2D eigenvalue weighted by molar-refractivity contribution is 9.10. The summed E-state index contributed by atoms with van der Waals surface area (Å²) in [6.07, 6.45) is 1.12. The smallest absolute Gasteiger partial charge is 0.326 e. The van der Waals surface area contributed by atoms with Gasteiger partial charge in [-0.25, -0.2) is 9.59 Å². The van der Waals surface area contributed by atoms with Gasteiger partial charge in [0.25, 0.3) is 0 Å². The molecule has 0 bridgehead atoms. The van der Waals surface area contributed by atoms with Crippen LogP contribution in [0.4, 0.5) is 4.79 Å². The number of carboxylic acids is 1. The van der Waals surface area contributed by atoms with E-state index >= 15 is 0 Å². The number of urea groups is 1. The van der Waals surface area contributed by atoms with Crippen molar-refractivity contribution in [3.63, 3.8) is 0 Å². The van der Waals surface area contributed by atoms with Gasteiger partial charge in [-0.1, -0.05) is 47.5 Å². The Morgan fingerprint density at radius 1 is 1.40 bits per heavy atom. The van der Waals surface area contributed by atoms with Crippen LogP contribution in [0.25, 0.3) is 0 Å². The number of hydrogen-bond acceptors (Lipinski definition) is 2. The first-order valence-electron chi connectivity index (χ1n) is 6.43. The van der Waals surface area contributed by atoms with E-state index in [1.165, 1.54) is 4.90 Å². The first kappa shape index (κ1) is 16.5. The molecule has 5 nitrogen and oxygen atoms in total. The summed E-state index contributed by atoms with van der Waals surface area (Å²) in [6.45, 7) is 2.29. The number of benzene rings is 1. The van der Waals surface area contributed by atoms with E-state index in [0.29, 0.717) is 19.4 Å². The van der Waals surface area contributed by atoms with Crippen LogP contribution in [0.15, 0.2) is 28.7 Å². The molecular weight excluding hydrogens is 324 g/mol. The van der Waals surface area contributed by atoms with Crippen molar-refractivity contribution >= 4 is 27.9 Å². The summed E-state index contributed by atoms with van der Waals surface area (Å²) in [6, 6.07) is 6.38. The van der Waals surface area contributed by atoms with Crippen LogP contribution in [0.1, 0.15) is 25.3 Å². The average molecular weight is 343 g/mol. The first-order chi connectivity index (χ1) is 9.45. The number of rotatable bonds is 6. The lowest BCUT2D eigenvalue weighted by Gasteiger charge is -2.21. The van der Waals surface area contributed by atoms with Crippen molar-refractivity contribution in [2.24, 2.45) is 0 Å². The Bertz CT molecular complexity index is 479. The highest BCUT2D eigenvalue weighted by Crippen LogP contribution is 2.17. The summed E-state index contributed by atoms with van der Waals surface area (Å²) in [7, 11) is 1.64. The maximum atomic E-state index is 12.0. The summed E-state index contributed by atoms with van der Waals surface area (Å²) in [4.78, 5) is 24.5. The first-order valence-corrected chi connectivity index (χ1v) is 7.22. The van der Waals surface area contributed by atoms with Crippen LogP contribution < -0.4 is 5.32 Å². The normalized spacial score (nSPS) is 11.8. The van der Waals surface area contributed by atoms with Gasteiger partial charge in [0.2, 0.25) is 0 Å². The van der Waals surface area contributed by atoms with E-state index < -0.39 is 12.0 Å². The van der Waals surface area contributed by atoms with Crippen LogP contribution >= 0.6 is 15.9 Å². The molecule has 20 heavy (non-hydrogen) atoms. The molecule has 2 N–H and O–H groups in total. The Morgan fingerprint density at radius 3 is 2.60 bits per heavy atom. The van der Waals surface area contributed by atoms with E-state index in [0.717, 1.165) is 10.0 Å². The Hall–Kier alpha value is -1.56. The number of halogens is 1. The van der Waals surface area contributed by atoms with E-state index in [2.05, 4.69) is 21.2 Å². The van der Waals surface area contributed by atoms with Crippen LogP contribution in [-0.4, -0.2) is 35.1 Å². The third kappa shape index (κ3) is 4.85. The monoisotopic (exact) mass is 342 g/mol. The van der Waals surface area contributed by atoms with Crippen molar-refractivity contribution in [2.75, 3.05) is 7.05 Å². The minimum Gasteiger partial charge on any atom is -0.480 e. The predicted molar refractivity (Wildman–Crippen MR) is 80.5 cm³/mol. The van der Waals surface area contributed by atoms with Crippen molar-refractivity contribution in [1.29, 1.82) is 0 Å². The van der Waals surface area contributed by atoms with Crippen LogP contribution in [0.3, 0.4) is 0 Å². The Balaban J connectivity index is 2.63. The molecule has 1 aromatic rings. The molecule has 0 spiro atoms. The van der Waals surface area contributed by atoms with Gasteiger partial charge < -0.3 is 15.3 Å². The molecule has 0 saturated carbocycles. The number of carbonyl (C=O) groups is 2. The third-order valence-corrected chi connectivity index (χ3v) is 3.66. The number of carboxylic acid groups (broad SMARTS) is 1. The Morgan fingerprint density at radius 2 is 2.05 bits per heavy atom. The van der Waals surface area contributed by atoms with Crippen molar-refractivity contribution in [1.82, 2.24) is 10.2 Å². The third-order valence-electron chi connectivity index (χ3n) is 2.89. The fraction of sp³-hybridized carbons (Fsp3) is 0.429. The van der Waals surface area contributed by atoms with E-state index in [1.807, 2.05) is 31.2 Å². The maximum Gasteiger partial charge on any atom is 0.326 e. The lowest BCUT2D eigenvalue weighted by Crippen LogP contribution is -2.46. The lowest BCUT2D eigenvalue weighted by molar-refractivity contribution is -0.139. The van der Waals surface area contributed by atoms with Crippen LogP contribution in [-0.2, 0) is 11.3 Å². The second-order valence-corrected chi connectivity index (χ2v) is 5.43. The molecular formula is C14H19BrN2O3. The fourth-order valence-electron chi connectivity index (χ4n) is 1.76. The van der Waals surface area contributed by atoms with E-state index in [1.54, 1.807) is 7.05 Å². The average Bonchev–Trinajstić information content (AvgIpc) is 2.40. The highest BCUT2D eigenvalue weighted by Gasteiger charge is 2.20. The van der Waals surface area contributed by atoms with Crippen LogP contribution in [0, 0.1) is 0 Å². The van der Waals surface area contributed by atoms with Crippen molar-refractivity contribution in [3.8, 4) is 0 Å². The number of carbonyl (C=O) groups excluding carboxylic acids is 1. The molecule has 0 fully saturated rings. The quantitative estimate of drug-likeness (QED) is 0.835. The molecule has 0 aliphatic heterocycles. The van der Waals surface area contributed by atoms with E-state index in [4.69, 9.17) is 5.11 Å². The Kier molecular flexibility index (Phi) is 6.51. The maximum absolute atomic E-state index is 12.0. The Labute approximate surface area is 127 Å². The van der Waals surface area contributed by atoms with Crippen molar-refractivity contribution in [2.45, 2.75) is 32.4 Å². The van der Waals surface area contributed by atoms with Gasteiger partial charge >= 0.3 is 12.0 Å². The zero-order chi connectivity index (χ0) is 15.1. The SMILES string of the molecule is CCC[C@H](NC(=O)N(C)Cc1ccccc1Br)C(=O)O. The van der Waals surface area contributed by atoms with Gasteiger partial charge in [0, 0.05) is 18.1 Å². The predicted octanol–water partition coefficient (Wildman–Crippen LogP) is 2.84. The molecule has 2 amide bonds. The molecule has 0 aliphatic carbocycles. The molecule has 0 saturated heterocycles. The van der Waals surface area contributed by atoms with E-state index in [9.17, 15) is 9.59 Å². The number of aliphatic carboxylic acids is 1. The van der Waals surface area contributed by atoms with Gasteiger partial charge in [0.1, 0.15) is 6.04 Å².